The van der Waals surface area contributed by atoms with Gasteiger partial charge in [-0.2, -0.15) is 8.78 Å². The van der Waals surface area contributed by atoms with Crippen molar-refractivity contribution in [3.05, 3.63) is 48.0 Å². The van der Waals surface area contributed by atoms with E-state index < -0.39 is 22.4 Å². The van der Waals surface area contributed by atoms with E-state index >= 15 is 0 Å². The molecule has 0 aliphatic rings. The number of hydrogen-bond donors (Lipinski definition) is 1. The minimum Gasteiger partial charge on any atom is -0.493 e. The van der Waals surface area contributed by atoms with Gasteiger partial charge in [-0.3, -0.25) is 4.79 Å². The molecule has 1 N–H and O–H groups in total. The van der Waals surface area contributed by atoms with Crippen molar-refractivity contribution in [2.75, 3.05) is 18.2 Å². The number of benzene rings is 2. The number of carbonyl (C=O) groups excluding carboxylic acids is 1. The third-order valence-electron chi connectivity index (χ3n) is 3.49. The standard InChI is InChI=1S/C17H17F2NO5S/c1-3-26(22,23)13-7-4-11(5-8-13)16(21)20-12-6-9-14(24-2)15(10-12)25-17(18)19/h4-10,17H,3H2,1-2H3,(H,20,21). The third kappa shape index (κ3) is 4.69. The second-order valence-corrected chi connectivity index (χ2v) is 7.40. The van der Waals surface area contributed by atoms with Crippen molar-refractivity contribution in [3.8, 4) is 11.5 Å². The average molecular weight is 385 g/mol. The highest BCUT2D eigenvalue weighted by molar-refractivity contribution is 7.91. The van der Waals surface area contributed by atoms with Crippen LogP contribution in [-0.4, -0.2) is 33.8 Å². The van der Waals surface area contributed by atoms with Crippen LogP contribution in [0, 0.1) is 0 Å². The summed E-state index contributed by atoms with van der Waals surface area (Å²) < 4.78 is 57.7. The summed E-state index contributed by atoms with van der Waals surface area (Å²) in [5.74, 6) is -0.696. The second kappa shape index (κ2) is 8.13. The fraction of sp³-hybridized carbons (Fsp3) is 0.235. The highest BCUT2D eigenvalue weighted by Crippen LogP contribution is 2.31. The molecule has 0 unspecified atom stereocenters. The molecule has 0 saturated carbocycles. The molecule has 26 heavy (non-hydrogen) atoms. The molecule has 2 rings (SSSR count). The Morgan fingerprint density at radius 3 is 2.31 bits per heavy atom. The minimum atomic E-state index is -3.36. The van der Waals surface area contributed by atoms with Crippen molar-refractivity contribution >= 4 is 21.4 Å². The summed E-state index contributed by atoms with van der Waals surface area (Å²) in [7, 11) is -2.05. The van der Waals surface area contributed by atoms with Gasteiger partial charge in [0.2, 0.25) is 0 Å². The topological polar surface area (TPSA) is 81.7 Å². The Morgan fingerprint density at radius 2 is 1.77 bits per heavy atom. The van der Waals surface area contributed by atoms with Crippen molar-refractivity contribution in [1.29, 1.82) is 0 Å². The first-order valence-corrected chi connectivity index (χ1v) is 9.19. The normalized spacial score (nSPS) is 11.3. The van der Waals surface area contributed by atoms with E-state index in [0.29, 0.717) is 0 Å². The molecular weight excluding hydrogens is 368 g/mol. The molecule has 9 heteroatoms. The van der Waals surface area contributed by atoms with Crippen LogP contribution in [0.4, 0.5) is 14.5 Å². The Kier molecular flexibility index (Phi) is 6.14. The van der Waals surface area contributed by atoms with Crippen LogP contribution in [0.2, 0.25) is 0 Å². The Hall–Kier alpha value is -2.68. The maximum Gasteiger partial charge on any atom is 0.387 e. The first-order chi connectivity index (χ1) is 12.3. The molecule has 0 saturated heterocycles. The molecule has 2 aromatic carbocycles. The highest BCUT2D eigenvalue weighted by Gasteiger charge is 2.15. The number of carbonyl (C=O) groups is 1. The summed E-state index contributed by atoms with van der Waals surface area (Å²) in [6.45, 7) is -1.51. The Bertz CT molecular complexity index is 883. The number of anilines is 1. The van der Waals surface area contributed by atoms with Crippen LogP contribution in [0.25, 0.3) is 0 Å². The van der Waals surface area contributed by atoms with E-state index in [9.17, 15) is 22.0 Å². The molecule has 0 spiro atoms. The number of ether oxygens (including phenoxy) is 2. The van der Waals surface area contributed by atoms with Crippen molar-refractivity contribution in [1.82, 2.24) is 0 Å². The monoisotopic (exact) mass is 385 g/mol. The predicted octanol–water partition coefficient (Wildman–Crippen LogP) is 3.34. The predicted molar refractivity (Wildman–Crippen MR) is 91.7 cm³/mol. The van der Waals surface area contributed by atoms with E-state index in [4.69, 9.17) is 4.74 Å². The van der Waals surface area contributed by atoms with E-state index in [1.54, 1.807) is 0 Å². The number of nitrogens with one attached hydrogen (secondary N) is 1. The van der Waals surface area contributed by atoms with E-state index in [-0.39, 0.29) is 33.4 Å². The fourth-order valence-corrected chi connectivity index (χ4v) is 3.01. The van der Waals surface area contributed by atoms with Gasteiger partial charge in [-0.05, 0) is 36.4 Å². The molecule has 140 valence electrons. The van der Waals surface area contributed by atoms with Gasteiger partial charge in [-0.25, -0.2) is 8.42 Å². The summed E-state index contributed by atoms with van der Waals surface area (Å²) in [6.07, 6.45) is 0. The number of methoxy groups -OCH3 is 1. The smallest absolute Gasteiger partial charge is 0.387 e. The van der Waals surface area contributed by atoms with Crippen LogP contribution in [0.3, 0.4) is 0 Å². The maximum atomic E-state index is 12.4. The first kappa shape index (κ1) is 19.6. The summed E-state index contributed by atoms with van der Waals surface area (Å²) in [6, 6.07) is 9.48. The molecule has 0 fully saturated rings. The number of amides is 1. The average Bonchev–Trinajstić information content (AvgIpc) is 2.61. The molecular formula is C17H17F2NO5S. The van der Waals surface area contributed by atoms with Gasteiger partial charge in [0.25, 0.3) is 5.91 Å². The SMILES string of the molecule is CCS(=O)(=O)c1ccc(C(=O)Nc2ccc(OC)c(OC(F)F)c2)cc1. The zero-order chi connectivity index (χ0) is 19.3. The molecule has 1 amide bonds. The van der Waals surface area contributed by atoms with Crippen LogP contribution in [0.15, 0.2) is 47.4 Å². The van der Waals surface area contributed by atoms with Crippen molar-refractivity contribution in [2.24, 2.45) is 0 Å². The van der Waals surface area contributed by atoms with Crippen LogP contribution in [0.5, 0.6) is 11.5 Å². The number of sulfone groups is 1. The number of halogens is 2. The lowest BCUT2D eigenvalue weighted by Gasteiger charge is -2.12. The van der Waals surface area contributed by atoms with Gasteiger partial charge in [-0.15, -0.1) is 0 Å². The molecule has 0 aliphatic heterocycles. The first-order valence-electron chi connectivity index (χ1n) is 7.54. The summed E-state index contributed by atoms with van der Waals surface area (Å²) in [5, 5.41) is 2.53. The summed E-state index contributed by atoms with van der Waals surface area (Å²) in [5.41, 5.74) is 0.434. The highest BCUT2D eigenvalue weighted by atomic mass is 32.2. The molecule has 0 aromatic heterocycles. The largest absolute Gasteiger partial charge is 0.493 e. The fourth-order valence-electron chi connectivity index (χ4n) is 2.13. The molecule has 0 bridgehead atoms. The van der Waals surface area contributed by atoms with Gasteiger partial charge in [0.15, 0.2) is 21.3 Å². The van der Waals surface area contributed by atoms with Crippen LogP contribution in [-0.2, 0) is 9.84 Å². The van der Waals surface area contributed by atoms with Gasteiger partial charge in [-0.1, -0.05) is 6.92 Å². The van der Waals surface area contributed by atoms with Crippen LogP contribution < -0.4 is 14.8 Å². The Morgan fingerprint density at radius 1 is 1.12 bits per heavy atom. The molecule has 2 aromatic rings. The summed E-state index contributed by atoms with van der Waals surface area (Å²) in [4.78, 5) is 12.4. The number of alkyl halides is 2. The van der Waals surface area contributed by atoms with E-state index in [1.165, 1.54) is 56.5 Å². The van der Waals surface area contributed by atoms with Gasteiger partial charge in [0.1, 0.15) is 0 Å². The van der Waals surface area contributed by atoms with Gasteiger partial charge in [0, 0.05) is 17.3 Å². The van der Waals surface area contributed by atoms with Crippen molar-refractivity contribution in [3.63, 3.8) is 0 Å². The second-order valence-electron chi connectivity index (χ2n) is 5.13. The molecule has 0 atom stereocenters. The van der Waals surface area contributed by atoms with Crippen molar-refractivity contribution < 1.29 is 31.5 Å². The van der Waals surface area contributed by atoms with Crippen LogP contribution >= 0.6 is 0 Å². The van der Waals surface area contributed by atoms with E-state index in [2.05, 4.69) is 10.1 Å². The molecule has 6 nitrogen and oxygen atoms in total. The summed E-state index contributed by atoms with van der Waals surface area (Å²) >= 11 is 0. The van der Waals surface area contributed by atoms with Crippen LogP contribution in [0.1, 0.15) is 17.3 Å². The Labute approximate surface area is 149 Å². The number of hydrogen-bond acceptors (Lipinski definition) is 5. The van der Waals surface area contributed by atoms with Gasteiger partial charge in [0.05, 0.1) is 17.8 Å². The third-order valence-corrected chi connectivity index (χ3v) is 5.24. The number of rotatable bonds is 7. The molecule has 0 heterocycles. The van der Waals surface area contributed by atoms with Gasteiger partial charge < -0.3 is 14.8 Å². The lowest BCUT2D eigenvalue weighted by atomic mass is 10.2. The lowest BCUT2D eigenvalue weighted by Crippen LogP contribution is -2.13. The van der Waals surface area contributed by atoms with E-state index in [0.717, 1.165) is 0 Å². The molecule has 0 radical (unpaired) electrons. The zero-order valence-corrected chi connectivity index (χ0v) is 14.8. The quantitative estimate of drug-likeness (QED) is 0.791. The van der Waals surface area contributed by atoms with Gasteiger partial charge >= 0.3 is 6.61 Å². The lowest BCUT2D eigenvalue weighted by molar-refractivity contribution is -0.0511. The zero-order valence-electron chi connectivity index (χ0n) is 14.0. The Balaban J connectivity index is 2.19. The maximum absolute atomic E-state index is 12.4. The minimum absolute atomic E-state index is 0.0443. The van der Waals surface area contributed by atoms with Crippen molar-refractivity contribution in [2.45, 2.75) is 18.4 Å². The van der Waals surface area contributed by atoms with E-state index in [1.807, 2.05) is 0 Å². The molecule has 0 aliphatic carbocycles.